The van der Waals surface area contributed by atoms with Crippen LogP contribution in [-0.4, -0.2) is 15.9 Å². The van der Waals surface area contributed by atoms with Gasteiger partial charge >= 0.3 is 6.03 Å². The average molecular weight is 240 g/mol. The number of nitrogens with one attached hydrogen (secondary N) is 1. The number of benzene rings is 1. The zero-order valence-corrected chi connectivity index (χ0v) is 8.67. The predicted molar refractivity (Wildman–Crippen MR) is 57.7 cm³/mol. The highest BCUT2D eigenvalue weighted by molar-refractivity contribution is 5.91. The van der Waals surface area contributed by atoms with Crippen molar-refractivity contribution in [1.82, 2.24) is 0 Å². The minimum Gasteiger partial charge on any atom is -0.351 e. The van der Waals surface area contributed by atoms with Gasteiger partial charge in [0.05, 0.1) is 15.9 Å². The van der Waals surface area contributed by atoms with Gasteiger partial charge in [-0.15, -0.1) is 0 Å². The maximum atomic E-state index is 10.7. The van der Waals surface area contributed by atoms with Gasteiger partial charge in [-0.1, -0.05) is 0 Å². The van der Waals surface area contributed by atoms with Crippen molar-refractivity contribution in [3.63, 3.8) is 0 Å². The van der Waals surface area contributed by atoms with Crippen LogP contribution in [0.25, 0.3) is 0 Å². The average Bonchev–Trinajstić information content (AvgIpc) is 2.15. The number of nitro groups is 2. The highest BCUT2D eigenvalue weighted by Gasteiger charge is 2.23. The quantitative estimate of drug-likeness (QED) is 0.604. The van der Waals surface area contributed by atoms with Gasteiger partial charge in [0.2, 0.25) is 0 Å². The number of nitrogens with two attached hydrogens (primary N) is 1. The second-order valence-corrected chi connectivity index (χ2v) is 3.16. The molecule has 0 aliphatic carbocycles. The lowest BCUT2D eigenvalue weighted by molar-refractivity contribution is -0.394. The number of hydrogen-bond donors (Lipinski definition) is 2. The molecule has 0 aliphatic rings. The SMILES string of the molecule is Cc1cc(NC(N)=O)c([N+](=O)[O-])cc1[N+](=O)[O-]. The van der Waals surface area contributed by atoms with E-state index in [1.165, 1.54) is 6.92 Å². The van der Waals surface area contributed by atoms with E-state index in [9.17, 15) is 25.0 Å². The summed E-state index contributed by atoms with van der Waals surface area (Å²) in [6.45, 7) is 1.40. The van der Waals surface area contributed by atoms with Crippen molar-refractivity contribution in [2.75, 3.05) is 5.32 Å². The van der Waals surface area contributed by atoms with Gasteiger partial charge in [0.15, 0.2) is 0 Å². The Bertz CT molecular complexity index is 513. The molecule has 90 valence electrons. The Balaban J connectivity index is 3.40. The Morgan fingerprint density at radius 2 is 1.76 bits per heavy atom. The fraction of sp³-hybridized carbons (Fsp3) is 0.125. The Kier molecular flexibility index (Phi) is 3.22. The first-order valence-corrected chi connectivity index (χ1v) is 4.33. The Morgan fingerprint density at radius 3 is 2.18 bits per heavy atom. The number of aryl methyl sites for hydroxylation is 1. The third-order valence-corrected chi connectivity index (χ3v) is 1.97. The summed E-state index contributed by atoms with van der Waals surface area (Å²) in [6, 6.07) is 0.920. The third kappa shape index (κ3) is 2.65. The van der Waals surface area contributed by atoms with Crippen molar-refractivity contribution in [2.24, 2.45) is 5.73 Å². The van der Waals surface area contributed by atoms with Gasteiger partial charge in [-0.2, -0.15) is 0 Å². The lowest BCUT2D eigenvalue weighted by atomic mass is 10.1. The van der Waals surface area contributed by atoms with Crippen LogP contribution in [0, 0.1) is 27.2 Å². The second-order valence-electron chi connectivity index (χ2n) is 3.16. The lowest BCUT2D eigenvalue weighted by Crippen LogP contribution is -2.20. The van der Waals surface area contributed by atoms with Crippen LogP contribution < -0.4 is 11.1 Å². The van der Waals surface area contributed by atoms with Gasteiger partial charge in [-0.05, 0) is 13.0 Å². The first-order valence-electron chi connectivity index (χ1n) is 4.33. The van der Waals surface area contributed by atoms with E-state index in [0.717, 1.165) is 12.1 Å². The summed E-state index contributed by atoms with van der Waals surface area (Å²) in [6.07, 6.45) is 0. The monoisotopic (exact) mass is 240 g/mol. The molecule has 0 saturated heterocycles. The van der Waals surface area contributed by atoms with Gasteiger partial charge in [0.25, 0.3) is 11.4 Å². The van der Waals surface area contributed by atoms with Crippen LogP contribution in [0.5, 0.6) is 0 Å². The topological polar surface area (TPSA) is 141 Å². The predicted octanol–water partition coefficient (Wildman–Crippen LogP) is 1.30. The van der Waals surface area contributed by atoms with E-state index in [0.29, 0.717) is 0 Å². The van der Waals surface area contributed by atoms with E-state index in [4.69, 9.17) is 5.73 Å². The number of primary amides is 1. The molecule has 0 bridgehead atoms. The highest BCUT2D eigenvalue weighted by atomic mass is 16.6. The molecule has 9 heteroatoms. The number of urea groups is 1. The molecule has 2 amide bonds. The van der Waals surface area contributed by atoms with Crippen LogP contribution in [0.15, 0.2) is 12.1 Å². The normalized spacial score (nSPS) is 9.71. The maximum absolute atomic E-state index is 10.7. The summed E-state index contributed by atoms with van der Waals surface area (Å²) in [5.74, 6) is 0. The molecule has 0 saturated carbocycles. The van der Waals surface area contributed by atoms with Gasteiger partial charge in [-0.25, -0.2) is 4.79 Å². The van der Waals surface area contributed by atoms with E-state index in [1.54, 1.807) is 0 Å². The number of nitro benzene ring substituents is 2. The molecule has 0 atom stereocenters. The number of amides is 2. The zero-order valence-electron chi connectivity index (χ0n) is 8.67. The summed E-state index contributed by atoms with van der Waals surface area (Å²) in [4.78, 5) is 30.3. The molecule has 17 heavy (non-hydrogen) atoms. The third-order valence-electron chi connectivity index (χ3n) is 1.97. The summed E-state index contributed by atoms with van der Waals surface area (Å²) < 4.78 is 0. The number of anilines is 1. The zero-order chi connectivity index (χ0) is 13.2. The van der Waals surface area contributed by atoms with Gasteiger partial charge in [-0.3, -0.25) is 20.2 Å². The number of nitrogens with zero attached hydrogens (tertiary/aromatic N) is 2. The van der Waals surface area contributed by atoms with Crippen LogP contribution in [0.1, 0.15) is 5.56 Å². The molecule has 0 aliphatic heterocycles. The van der Waals surface area contributed by atoms with Crippen LogP contribution in [0.2, 0.25) is 0 Å². The van der Waals surface area contributed by atoms with Crippen LogP contribution >= 0.6 is 0 Å². The first-order chi connectivity index (χ1) is 7.82. The van der Waals surface area contributed by atoms with Crippen LogP contribution in [-0.2, 0) is 0 Å². The Labute approximate surface area is 94.5 Å². The molecule has 0 unspecified atom stereocenters. The van der Waals surface area contributed by atoms with Crippen molar-refractivity contribution >= 4 is 23.1 Å². The molecular weight excluding hydrogens is 232 g/mol. The molecule has 0 radical (unpaired) electrons. The number of hydrogen-bond acceptors (Lipinski definition) is 5. The smallest absolute Gasteiger partial charge is 0.316 e. The molecular formula is C8H8N4O5. The van der Waals surface area contributed by atoms with Crippen LogP contribution in [0.3, 0.4) is 0 Å². The second kappa shape index (κ2) is 4.43. The van der Waals surface area contributed by atoms with E-state index in [2.05, 4.69) is 0 Å². The van der Waals surface area contributed by atoms with E-state index in [1.807, 2.05) is 5.32 Å². The largest absolute Gasteiger partial charge is 0.351 e. The van der Waals surface area contributed by atoms with Crippen molar-refractivity contribution in [3.05, 3.63) is 37.9 Å². The first kappa shape index (κ1) is 12.4. The minimum atomic E-state index is -0.985. The van der Waals surface area contributed by atoms with Gasteiger partial charge < -0.3 is 11.1 Å². The van der Waals surface area contributed by atoms with E-state index in [-0.39, 0.29) is 11.3 Å². The molecule has 9 nitrogen and oxygen atoms in total. The summed E-state index contributed by atoms with van der Waals surface area (Å²) in [5.41, 5.74) is 3.87. The highest BCUT2D eigenvalue weighted by Crippen LogP contribution is 2.31. The van der Waals surface area contributed by atoms with Crippen molar-refractivity contribution in [2.45, 2.75) is 6.92 Å². The number of carbonyl (C=O) groups excluding carboxylic acids is 1. The van der Waals surface area contributed by atoms with Gasteiger partial charge in [0, 0.05) is 5.56 Å². The number of rotatable bonds is 3. The van der Waals surface area contributed by atoms with E-state index < -0.39 is 27.3 Å². The van der Waals surface area contributed by atoms with Gasteiger partial charge in [0.1, 0.15) is 5.69 Å². The summed E-state index contributed by atoms with van der Waals surface area (Å²) in [5, 5.41) is 23.3. The molecule has 0 spiro atoms. The summed E-state index contributed by atoms with van der Waals surface area (Å²) >= 11 is 0. The number of carbonyl (C=O) groups is 1. The molecule has 1 rings (SSSR count). The van der Waals surface area contributed by atoms with E-state index >= 15 is 0 Å². The fourth-order valence-corrected chi connectivity index (χ4v) is 1.27. The van der Waals surface area contributed by atoms with Crippen molar-refractivity contribution < 1.29 is 14.6 Å². The Morgan fingerprint density at radius 1 is 1.24 bits per heavy atom. The van der Waals surface area contributed by atoms with Crippen LogP contribution in [0.4, 0.5) is 21.9 Å². The molecule has 0 fully saturated rings. The molecule has 0 aromatic heterocycles. The Hall–Kier alpha value is -2.71. The fourth-order valence-electron chi connectivity index (χ4n) is 1.27. The molecule has 0 heterocycles. The standard InChI is InChI=1S/C8H8N4O5/c1-4-2-5(10-8(9)13)7(12(16)17)3-6(4)11(14)15/h2-3H,1H3,(H3,9,10,13). The maximum Gasteiger partial charge on any atom is 0.316 e. The lowest BCUT2D eigenvalue weighted by Gasteiger charge is -2.04. The minimum absolute atomic E-state index is 0.175. The van der Waals surface area contributed by atoms with Crippen molar-refractivity contribution in [1.29, 1.82) is 0 Å². The molecule has 1 aromatic rings. The van der Waals surface area contributed by atoms with Crippen molar-refractivity contribution in [3.8, 4) is 0 Å². The molecule has 3 N–H and O–H groups in total. The molecule has 1 aromatic carbocycles. The summed E-state index contributed by atoms with van der Waals surface area (Å²) in [7, 11) is 0.